The van der Waals surface area contributed by atoms with E-state index < -0.39 is 5.60 Å². The van der Waals surface area contributed by atoms with Gasteiger partial charge in [-0.1, -0.05) is 91.9 Å². The van der Waals surface area contributed by atoms with Gasteiger partial charge in [-0.25, -0.2) is 0 Å². The fourth-order valence-electron chi connectivity index (χ4n) is 3.19. The molecule has 25 heavy (non-hydrogen) atoms. The van der Waals surface area contributed by atoms with Crippen LogP contribution < -0.4 is 5.32 Å². The van der Waals surface area contributed by atoms with E-state index >= 15 is 0 Å². The number of nitrogens with two attached hydrogens (primary N) is 1. The second-order valence-electron chi connectivity index (χ2n) is 6.46. The number of benzene rings is 3. The summed E-state index contributed by atoms with van der Waals surface area (Å²) in [7, 11) is 0. The highest BCUT2D eigenvalue weighted by atomic mass is 16.3. The van der Waals surface area contributed by atoms with Crippen LogP contribution in [-0.4, -0.2) is 11.7 Å². The minimum atomic E-state index is -0.998. The average molecular weight is 332 g/mol. The summed E-state index contributed by atoms with van der Waals surface area (Å²) in [4.78, 5) is 0. The van der Waals surface area contributed by atoms with Gasteiger partial charge < -0.3 is 10.4 Å². The molecule has 0 saturated carbocycles. The quantitative estimate of drug-likeness (QED) is 0.685. The van der Waals surface area contributed by atoms with Crippen molar-refractivity contribution in [1.82, 2.24) is 0 Å². The Morgan fingerprint density at radius 2 is 1.28 bits per heavy atom. The molecule has 3 N–H and O–H groups in total. The Labute approximate surface area is 150 Å². The molecule has 3 rings (SSSR count). The number of aryl methyl sites for hydroxylation is 1. The molecule has 0 bridgehead atoms. The van der Waals surface area contributed by atoms with Gasteiger partial charge in [-0.05, 0) is 23.1 Å². The van der Waals surface area contributed by atoms with E-state index in [1.54, 1.807) is 0 Å². The van der Waals surface area contributed by atoms with Gasteiger partial charge in [0.25, 0.3) is 0 Å². The van der Waals surface area contributed by atoms with Crippen LogP contribution in [0.2, 0.25) is 0 Å². The average Bonchev–Trinajstić information content (AvgIpc) is 2.69. The van der Waals surface area contributed by atoms with Crippen LogP contribution in [0.3, 0.4) is 0 Å². The number of quaternary nitrogens is 1. The Kier molecular flexibility index (Phi) is 5.64. The summed E-state index contributed by atoms with van der Waals surface area (Å²) in [6.45, 7) is 3.58. The minimum absolute atomic E-state index is 0.581. The topological polar surface area (TPSA) is 36.8 Å². The maximum absolute atomic E-state index is 11.6. The smallest absolute Gasteiger partial charge is 0.163 e. The molecule has 0 unspecified atom stereocenters. The summed E-state index contributed by atoms with van der Waals surface area (Å²) in [6.07, 6.45) is 1.00. The van der Waals surface area contributed by atoms with E-state index in [4.69, 9.17) is 0 Å². The minimum Gasteiger partial charge on any atom is -0.375 e. The van der Waals surface area contributed by atoms with Gasteiger partial charge in [0.2, 0.25) is 0 Å². The molecule has 0 aromatic heterocycles. The van der Waals surface area contributed by atoms with E-state index in [2.05, 4.69) is 60.8 Å². The molecular weight excluding hydrogens is 306 g/mol. The molecule has 0 aliphatic rings. The molecule has 0 heterocycles. The predicted molar refractivity (Wildman–Crippen MR) is 102 cm³/mol. The van der Waals surface area contributed by atoms with Crippen LogP contribution in [0.5, 0.6) is 0 Å². The second-order valence-corrected chi connectivity index (χ2v) is 6.46. The van der Waals surface area contributed by atoms with Crippen molar-refractivity contribution < 1.29 is 10.4 Å². The monoisotopic (exact) mass is 332 g/mol. The van der Waals surface area contributed by atoms with Gasteiger partial charge in [-0.15, -0.1) is 0 Å². The van der Waals surface area contributed by atoms with E-state index in [0.29, 0.717) is 6.54 Å². The van der Waals surface area contributed by atoms with Crippen molar-refractivity contribution in [2.24, 2.45) is 0 Å². The van der Waals surface area contributed by atoms with E-state index in [-0.39, 0.29) is 0 Å². The van der Waals surface area contributed by atoms with Gasteiger partial charge in [0.15, 0.2) is 5.60 Å². The molecule has 0 fully saturated rings. The van der Waals surface area contributed by atoms with Crippen molar-refractivity contribution in [2.75, 3.05) is 6.54 Å². The first-order valence-electron chi connectivity index (χ1n) is 8.95. The number of hydrogen-bond donors (Lipinski definition) is 2. The second kappa shape index (κ2) is 8.11. The molecule has 0 amide bonds. The van der Waals surface area contributed by atoms with Gasteiger partial charge in [0, 0.05) is 5.56 Å². The van der Waals surface area contributed by atoms with E-state index in [9.17, 15) is 5.11 Å². The molecule has 3 aromatic carbocycles. The van der Waals surface area contributed by atoms with Crippen molar-refractivity contribution in [3.8, 4) is 0 Å². The molecule has 0 aliphatic carbocycles. The first kappa shape index (κ1) is 17.4. The van der Waals surface area contributed by atoms with Gasteiger partial charge in [0.05, 0.1) is 0 Å². The zero-order chi connectivity index (χ0) is 17.5. The highest BCUT2D eigenvalue weighted by molar-refractivity contribution is 5.37. The van der Waals surface area contributed by atoms with E-state index in [0.717, 1.165) is 24.1 Å². The van der Waals surface area contributed by atoms with Crippen LogP contribution in [0.25, 0.3) is 0 Å². The lowest BCUT2D eigenvalue weighted by Gasteiger charge is -2.28. The molecule has 2 nitrogen and oxygen atoms in total. The Hall–Kier alpha value is -2.42. The summed E-state index contributed by atoms with van der Waals surface area (Å²) in [5.41, 5.74) is 3.43. The van der Waals surface area contributed by atoms with E-state index in [1.165, 1.54) is 11.1 Å². The Balaban J connectivity index is 1.83. The normalized spacial score (nSPS) is 13.4. The highest BCUT2D eigenvalue weighted by Gasteiger charge is 2.33. The lowest BCUT2D eigenvalue weighted by atomic mass is 9.85. The van der Waals surface area contributed by atoms with Crippen LogP contribution in [0, 0.1) is 0 Å². The number of aliphatic hydroxyl groups is 1. The van der Waals surface area contributed by atoms with Crippen LogP contribution in [0.15, 0.2) is 84.9 Å². The molecule has 0 spiro atoms. The largest absolute Gasteiger partial charge is 0.375 e. The SMILES string of the molecule is CCc1ccc([C@@](O)(C[NH2+]Cc2ccccc2)c2ccccc2)cc1. The summed E-state index contributed by atoms with van der Waals surface area (Å²) in [6, 6.07) is 28.7. The van der Waals surface area contributed by atoms with Crippen molar-refractivity contribution in [3.05, 3.63) is 107 Å². The Bertz CT molecular complexity index is 768. The standard InChI is InChI=1S/C23H25NO/c1-2-19-13-15-22(16-14-19)23(25,21-11-7-4-8-12-21)18-24-17-20-9-5-3-6-10-20/h3-16,24-25H,2,17-18H2,1H3/p+1/t23-/m1/s1. The third kappa shape index (κ3) is 4.16. The van der Waals surface area contributed by atoms with Crippen molar-refractivity contribution in [1.29, 1.82) is 0 Å². The molecule has 0 radical (unpaired) electrons. The van der Waals surface area contributed by atoms with Gasteiger partial charge in [0.1, 0.15) is 13.1 Å². The van der Waals surface area contributed by atoms with E-state index in [1.807, 2.05) is 36.4 Å². The first-order chi connectivity index (χ1) is 12.2. The fourth-order valence-corrected chi connectivity index (χ4v) is 3.19. The third-order valence-corrected chi connectivity index (χ3v) is 4.75. The van der Waals surface area contributed by atoms with Crippen molar-refractivity contribution in [3.63, 3.8) is 0 Å². The maximum Gasteiger partial charge on any atom is 0.163 e. The fraction of sp³-hybridized carbons (Fsp3) is 0.217. The molecular formula is C23H26NO+. The third-order valence-electron chi connectivity index (χ3n) is 4.75. The molecule has 0 aliphatic heterocycles. The number of rotatable bonds is 7. The Morgan fingerprint density at radius 3 is 1.88 bits per heavy atom. The van der Waals surface area contributed by atoms with Crippen LogP contribution in [0.1, 0.15) is 29.2 Å². The molecule has 2 heteroatoms. The van der Waals surface area contributed by atoms with Crippen molar-refractivity contribution in [2.45, 2.75) is 25.5 Å². The van der Waals surface area contributed by atoms with Crippen LogP contribution >= 0.6 is 0 Å². The zero-order valence-corrected chi connectivity index (χ0v) is 14.7. The lowest BCUT2D eigenvalue weighted by molar-refractivity contribution is -0.682. The predicted octanol–water partition coefficient (Wildman–Crippen LogP) is 3.25. The summed E-state index contributed by atoms with van der Waals surface area (Å²) >= 11 is 0. The van der Waals surface area contributed by atoms with Crippen LogP contribution in [-0.2, 0) is 18.6 Å². The Morgan fingerprint density at radius 1 is 0.720 bits per heavy atom. The van der Waals surface area contributed by atoms with Gasteiger partial charge >= 0.3 is 0 Å². The maximum atomic E-state index is 11.6. The van der Waals surface area contributed by atoms with Gasteiger partial charge in [-0.3, -0.25) is 0 Å². The zero-order valence-electron chi connectivity index (χ0n) is 14.7. The molecule has 128 valence electrons. The van der Waals surface area contributed by atoms with Gasteiger partial charge in [-0.2, -0.15) is 0 Å². The molecule has 0 saturated heterocycles. The summed E-state index contributed by atoms with van der Waals surface area (Å²) in [5, 5.41) is 13.7. The lowest BCUT2D eigenvalue weighted by Crippen LogP contribution is -2.86. The highest BCUT2D eigenvalue weighted by Crippen LogP contribution is 2.28. The van der Waals surface area contributed by atoms with Crippen molar-refractivity contribution >= 4 is 0 Å². The molecule has 3 aromatic rings. The number of hydrogen-bond acceptors (Lipinski definition) is 1. The molecule has 1 atom stereocenters. The summed E-state index contributed by atoms with van der Waals surface area (Å²) in [5.74, 6) is 0. The van der Waals surface area contributed by atoms with Crippen LogP contribution in [0.4, 0.5) is 0 Å². The first-order valence-corrected chi connectivity index (χ1v) is 8.95. The summed E-state index contributed by atoms with van der Waals surface area (Å²) < 4.78 is 0.